The van der Waals surface area contributed by atoms with Gasteiger partial charge in [-0.1, -0.05) is 12.1 Å². The molecule has 0 spiro atoms. The quantitative estimate of drug-likeness (QED) is 0.902. The zero-order chi connectivity index (χ0) is 14.5. The van der Waals surface area contributed by atoms with Gasteiger partial charge < -0.3 is 10.6 Å². The third-order valence-electron chi connectivity index (χ3n) is 2.58. The van der Waals surface area contributed by atoms with Crippen LogP contribution < -0.4 is 10.6 Å². The summed E-state index contributed by atoms with van der Waals surface area (Å²) in [5.41, 5.74) is 1.25. The molecule has 0 saturated carbocycles. The first-order valence-electron chi connectivity index (χ1n) is 6.00. The van der Waals surface area contributed by atoms with Crippen molar-refractivity contribution >= 4 is 23.2 Å². The first-order valence-corrected chi connectivity index (χ1v) is 6.00. The van der Waals surface area contributed by atoms with Crippen molar-refractivity contribution in [1.82, 2.24) is 0 Å². The van der Waals surface area contributed by atoms with Gasteiger partial charge >= 0.3 is 0 Å². The molecule has 102 valence electrons. The summed E-state index contributed by atoms with van der Waals surface area (Å²) >= 11 is 0. The SMILES string of the molecule is CC(=O)Nc1ccccc1C(=O)Nc1ccc(F)cc1. The van der Waals surface area contributed by atoms with Crippen molar-refractivity contribution in [2.24, 2.45) is 0 Å². The van der Waals surface area contributed by atoms with Gasteiger partial charge in [-0.25, -0.2) is 4.39 Å². The molecule has 0 saturated heterocycles. The number of benzene rings is 2. The van der Waals surface area contributed by atoms with Gasteiger partial charge in [0.25, 0.3) is 5.91 Å². The maximum atomic E-state index is 12.8. The minimum absolute atomic E-state index is 0.257. The molecule has 0 bridgehead atoms. The van der Waals surface area contributed by atoms with Crippen LogP contribution in [0.1, 0.15) is 17.3 Å². The van der Waals surface area contributed by atoms with Crippen LogP contribution >= 0.6 is 0 Å². The van der Waals surface area contributed by atoms with Crippen LogP contribution in [-0.4, -0.2) is 11.8 Å². The molecule has 0 aliphatic carbocycles. The van der Waals surface area contributed by atoms with Crippen molar-refractivity contribution in [3.63, 3.8) is 0 Å². The molecule has 0 radical (unpaired) electrons. The molecular formula is C15H13FN2O2. The largest absolute Gasteiger partial charge is 0.326 e. The predicted molar refractivity (Wildman–Crippen MR) is 75.1 cm³/mol. The van der Waals surface area contributed by atoms with Gasteiger partial charge in [-0.3, -0.25) is 9.59 Å². The minimum atomic E-state index is -0.374. The van der Waals surface area contributed by atoms with Gasteiger partial charge in [0.15, 0.2) is 0 Å². The number of hydrogen-bond donors (Lipinski definition) is 2. The first kappa shape index (κ1) is 13.7. The Balaban J connectivity index is 2.20. The lowest BCUT2D eigenvalue weighted by molar-refractivity contribution is -0.114. The van der Waals surface area contributed by atoms with Crippen molar-refractivity contribution < 1.29 is 14.0 Å². The third kappa shape index (κ3) is 3.41. The maximum absolute atomic E-state index is 12.8. The summed E-state index contributed by atoms with van der Waals surface area (Å²) in [5.74, 6) is -1.00. The molecule has 0 fully saturated rings. The molecule has 2 aromatic rings. The number of carbonyl (C=O) groups excluding carboxylic acids is 2. The van der Waals surface area contributed by atoms with Gasteiger partial charge in [-0.05, 0) is 36.4 Å². The van der Waals surface area contributed by atoms with Crippen molar-refractivity contribution in [3.8, 4) is 0 Å². The molecule has 0 aliphatic heterocycles. The van der Waals surface area contributed by atoms with Crippen LogP contribution in [0, 0.1) is 5.82 Å². The highest BCUT2D eigenvalue weighted by Gasteiger charge is 2.11. The van der Waals surface area contributed by atoms with E-state index in [0.717, 1.165) is 0 Å². The van der Waals surface area contributed by atoms with E-state index >= 15 is 0 Å². The molecule has 2 aromatic carbocycles. The molecule has 2 amide bonds. The van der Waals surface area contributed by atoms with Gasteiger partial charge in [0, 0.05) is 12.6 Å². The van der Waals surface area contributed by atoms with Crippen LogP contribution in [-0.2, 0) is 4.79 Å². The van der Waals surface area contributed by atoms with E-state index in [9.17, 15) is 14.0 Å². The molecule has 0 atom stereocenters. The van der Waals surface area contributed by atoms with Crippen LogP contribution in [0.25, 0.3) is 0 Å². The van der Waals surface area contributed by atoms with Crippen LogP contribution in [0.5, 0.6) is 0 Å². The number of carbonyl (C=O) groups is 2. The summed E-state index contributed by atoms with van der Waals surface area (Å²) in [7, 11) is 0. The van der Waals surface area contributed by atoms with E-state index in [1.807, 2.05) is 0 Å². The van der Waals surface area contributed by atoms with Gasteiger partial charge in [-0.2, -0.15) is 0 Å². The zero-order valence-corrected chi connectivity index (χ0v) is 10.8. The topological polar surface area (TPSA) is 58.2 Å². The second-order valence-electron chi connectivity index (χ2n) is 4.19. The summed E-state index contributed by atoms with van der Waals surface area (Å²) in [6.45, 7) is 1.37. The Morgan fingerprint density at radius 1 is 0.950 bits per heavy atom. The fourth-order valence-electron chi connectivity index (χ4n) is 1.71. The molecule has 5 heteroatoms. The minimum Gasteiger partial charge on any atom is -0.326 e. The molecule has 2 rings (SSSR count). The summed E-state index contributed by atoms with van der Waals surface area (Å²) in [4.78, 5) is 23.2. The molecule has 2 N–H and O–H groups in total. The van der Waals surface area contributed by atoms with E-state index in [1.165, 1.54) is 31.2 Å². The standard InChI is InChI=1S/C15H13FN2O2/c1-10(19)17-14-5-3-2-4-13(14)15(20)18-12-8-6-11(16)7-9-12/h2-9H,1H3,(H,17,19)(H,18,20). The van der Waals surface area contributed by atoms with Crippen molar-refractivity contribution in [1.29, 1.82) is 0 Å². The van der Waals surface area contributed by atoms with Crippen molar-refractivity contribution in [2.75, 3.05) is 10.6 Å². The zero-order valence-electron chi connectivity index (χ0n) is 10.8. The first-order chi connectivity index (χ1) is 9.56. The third-order valence-corrected chi connectivity index (χ3v) is 2.58. The number of rotatable bonds is 3. The number of hydrogen-bond acceptors (Lipinski definition) is 2. The van der Waals surface area contributed by atoms with E-state index < -0.39 is 0 Å². The molecule has 0 aliphatic rings. The monoisotopic (exact) mass is 272 g/mol. The van der Waals surface area contributed by atoms with E-state index in [4.69, 9.17) is 0 Å². The van der Waals surface area contributed by atoms with Crippen LogP contribution in [0.2, 0.25) is 0 Å². The highest BCUT2D eigenvalue weighted by molar-refractivity contribution is 6.09. The fourth-order valence-corrected chi connectivity index (χ4v) is 1.71. The van der Waals surface area contributed by atoms with Crippen LogP contribution in [0.15, 0.2) is 48.5 Å². The van der Waals surface area contributed by atoms with E-state index in [1.54, 1.807) is 24.3 Å². The van der Waals surface area contributed by atoms with E-state index in [-0.39, 0.29) is 17.6 Å². The van der Waals surface area contributed by atoms with Gasteiger partial charge in [0.2, 0.25) is 5.91 Å². The Hall–Kier alpha value is -2.69. The normalized spacial score (nSPS) is 9.90. The Bertz CT molecular complexity index is 639. The lowest BCUT2D eigenvalue weighted by Crippen LogP contribution is -2.16. The molecule has 0 unspecified atom stereocenters. The van der Waals surface area contributed by atoms with Gasteiger partial charge in [0.1, 0.15) is 5.82 Å². The summed E-state index contributed by atoms with van der Waals surface area (Å²) < 4.78 is 12.8. The number of amides is 2. The Morgan fingerprint density at radius 3 is 2.25 bits per heavy atom. The number of nitrogens with one attached hydrogen (secondary N) is 2. The second kappa shape index (κ2) is 5.97. The smallest absolute Gasteiger partial charge is 0.257 e. The number of para-hydroxylation sites is 1. The van der Waals surface area contributed by atoms with Crippen LogP contribution in [0.3, 0.4) is 0 Å². The number of anilines is 2. The number of halogens is 1. The lowest BCUT2D eigenvalue weighted by Gasteiger charge is -2.10. The van der Waals surface area contributed by atoms with Gasteiger partial charge in [0.05, 0.1) is 11.3 Å². The fraction of sp³-hybridized carbons (Fsp3) is 0.0667. The van der Waals surface area contributed by atoms with E-state index in [0.29, 0.717) is 16.9 Å². The summed E-state index contributed by atoms with van der Waals surface area (Å²) in [5, 5.41) is 5.23. The molecule has 0 heterocycles. The summed E-state index contributed by atoms with van der Waals surface area (Å²) in [6, 6.07) is 12.1. The van der Waals surface area contributed by atoms with E-state index in [2.05, 4.69) is 10.6 Å². The molecule has 20 heavy (non-hydrogen) atoms. The molecule has 4 nitrogen and oxygen atoms in total. The predicted octanol–water partition coefficient (Wildman–Crippen LogP) is 3.04. The van der Waals surface area contributed by atoms with Crippen molar-refractivity contribution in [3.05, 3.63) is 59.9 Å². The van der Waals surface area contributed by atoms with Crippen molar-refractivity contribution in [2.45, 2.75) is 6.92 Å². The highest BCUT2D eigenvalue weighted by atomic mass is 19.1. The van der Waals surface area contributed by atoms with Gasteiger partial charge in [-0.15, -0.1) is 0 Å². The second-order valence-corrected chi connectivity index (χ2v) is 4.19. The summed E-state index contributed by atoms with van der Waals surface area (Å²) in [6.07, 6.45) is 0. The average Bonchev–Trinajstić information content (AvgIpc) is 2.41. The Morgan fingerprint density at radius 2 is 1.60 bits per heavy atom. The lowest BCUT2D eigenvalue weighted by atomic mass is 10.1. The maximum Gasteiger partial charge on any atom is 0.257 e. The Labute approximate surface area is 115 Å². The molecule has 0 aromatic heterocycles. The van der Waals surface area contributed by atoms with Crippen LogP contribution in [0.4, 0.5) is 15.8 Å². The average molecular weight is 272 g/mol. The molecular weight excluding hydrogens is 259 g/mol. The highest BCUT2D eigenvalue weighted by Crippen LogP contribution is 2.17. The Kier molecular flexibility index (Phi) is 4.10.